The van der Waals surface area contributed by atoms with Crippen LogP contribution in [0.25, 0.3) is 0 Å². The summed E-state index contributed by atoms with van der Waals surface area (Å²) < 4.78 is 1.05. The summed E-state index contributed by atoms with van der Waals surface area (Å²) in [5, 5.41) is 11.6. The Morgan fingerprint density at radius 2 is 2.33 bits per heavy atom. The molecule has 1 atom stereocenters. The number of halogens is 1. The first-order valence-corrected chi connectivity index (χ1v) is 5.34. The van der Waals surface area contributed by atoms with Crippen molar-refractivity contribution in [3.8, 4) is 0 Å². The zero-order valence-electron chi connectivity index (χ0n) is 7.04. The van der Waals surface area contributed by atoms with Gasteiger partial charge in [-0.05, 0) is 46.8 Å². The molecule has 1 nitrogen and oxygen atoms in total. The maximum absolute atomic E-state index is 9.61. The predicted molar refractivity (Wildman–Crippen MR) is 56.4 cm³/mol. The summed E-state index contributed by atoms with van der Waals surface area (Å²) in [5.74, 6) is 0. The van der Waals surface area contributed by atoms with E-state index in [4.69, 9.17) is 0 Å². The van der Waals surface area contributed by atoms with E-state index in [2.05, 4.69) is 15.9 Å². The SMILES string of the molecule is CC(C)=CC(O)c1csc(Br)c1. The van der Waals surface area contributed by atoms with Gasteiger partial charge in [-0.3, -0.25) is 0 Å². The molecule has 0 radical (unpaired) electrons. The number of hydrogen-bond acceptors (Lipinski definition) is 2. The lowest BCUT2D eigenvalue weighted by molar-refractivity contribution is 0.228. The summed E-state index contributed by atoms with van der Waals surface area (Å²) in [6.07, 6.45) is 1.38. The monoisotopic (exact) mass is 246 g/mol. The van der Waals surface area contributed by atoms with Gasteiger partial charge >= 0.3 is 0 Å². The van der Waals surface area contributed by atoms with Crippen LogP contribution in [0, 0.1) is 0 Å². The molecule has 66 valence electrons. The highest BCUT2D eigenvalue weighted by atomic mass is 79.9. The third kappa shape index (κ3) is 2.73. The Balaban J connectivity index is 2.78. The van der Waals surface area contributed by atoms with Crippen LogP contribution < -0.4 is 0 Å². The Labute approximate surface area is 84.9 Å². The molecule has 0 amide bonds. The minimum atomic E-state index is -0.461. The standard InChI is InChI=1S/C9H11BrOS/c1-6(2)3-8(11)7-4-9(10)12-5-7/h3-5,8,11H,1-2H3. The van der Waals surface area contributed by atoms with Crippen LogP contribution in [-0.4, -0.2) is 5.11 Å². The second kappa shape index (κ2) is 4.21. The van der Waals surface area contributed by atoms with Crippen LogP contribution in [0.15, 0.2) is 26.9 Å². The highest BCUT2D eigenvalue weighted by Crippen LogP contribution is 2.26. The average Bonchev–Trinajstić information content (AvgIpc) is 2.34. The van der Waals surface area contributed by atoms with Crippen molar-refractivity contribution >= 4 is 27.3 Å². The van der Waals surface area contributed by atoms with Gasteiger partial charge in [0.05, 0.1) is 9.89 Å². The Morgan fingerprint density at radius 1 is 1.67 bits per heavy atom. The van der Waals surface area contributed by atoms with E-state index >= 15 is 0 Å². The van der Waals surface area contributed by atoms with E-state index in [-0.39, 0.29) is 0 Å². The smallest absolute Gasteiger partial charge is 0.0982 e. The first-order chi connectivity index (χ1) is 5.59. The Bertz CT molecular complexity index is 286. The van der Waals surface area contributed by atoms with Gasteiger partial charge < -0.3 is 5.11 Å². The van der Waals surface area contributed by atoms with E-state index in [1.165, 1.54) is 0 Å². The zero-order chi connectivity index (χ0) is 9.14. The first kappa shape index (κ1) is 9.96. The van der Waals surface area contributed by atoms with Gasteiger partial charge in [-0.1, -0.05) is 11.6 Å². The fraction of sp³-hybridized carbons (Fsp3) is 0.333. The lowest BCUT2D eigenvalue weighted by Gasteiger charge is -2.02. The molecule has 1 N–H and O–H groups in total. The van der Waals surface area contributed by atoms with E-state index in [9.17, 15) is 5.11 Å². The lowest BCUT2D eigenvalue weighted by atomic mass is 10.1. The molecule has 1 rings (SSSR count). The van der Waals surface area contributed by atoms with Crippen molar-refractivity contribution in [1.82, 2.24) is 0 Å². The summed E-state index contributed by atoms with van der Waals surface area (Å²) in [7, 11) is 0. The molecule has 0 fully saturated rings. The first-order valence-electron chi connectivity index (χ1n) is 3.66. The van der Waals surface area contributed by atoms with E-state index in [1.54, 1.807) is 11.3 Å². The molecule has 0 saturated carbocycles. The number of hydrogen-bond donors (Lipinski definition) is 1. The second-order valence-corrected chi connectivity index (χ2v) is 5.16. The molecule has 1 aromatic rings. The van der Waals surface area contributed by atoms with Gasteiger partial charge in [-0.2, -0.15) is 0 Å². The third-order valence-electron chi connectivity index (χ3n) is 1.42. The maximum Gasteiger partial charge on any atom is 0.0982 e. The minimum absolute atomic E-state index is 0.461. The van der Waals surface area contributed by atoms with Crippen molar-refractivity contribution in [1.29, 1.82) is 0 Å². The molecular weight excluding hydrogens is 236 g/mol. The second-order valence-electron chi connectivity index (χ2n) is 2.87. The molecule has 0 aliphatic carbocycles. The lowest BCUT2D eigenvalue weighted by Crippen LogP contribution is -1.90. The Hall–Kier alpha value is -0.120. The largest absolute Gasteiger partial charge is 0.384 e. The maximum atomic E-state index is 9.61. The van der Waals surface area contributed by atoms with Crippen molar-refractivity contribution in [2.75, 3.05) is 0 Å². The number of aliphatic hydroxyl groups excluding tert-OH is 1. The van der Waals surface area contributed by atoms with E-state index in [0.717, 1.165) is 14.9 Å². The molecule has 1 heterocycles. The topological polar surface area (TPSA) is 20.2 Å². The highest BCUT2D eigenvalue weighted by molar-refractivity contribution is 9.11. The van der Waals surface area contributed by atoms with Gasteiger partial charge in [0.25, 0.3) is 0 Å². The fourth-order valence-electron chi connectivity index (χ4n) is 0.890. The molecular formula is C9H11BrOS. The van der Waals surface area contributed by atoms with Crippen molar-refractivity contribution in [3.63, 3.8) is 0 Å². The summed E-state index contributed by atoms with van der Waals surface area (Å²) >= 11 is 4.94. The normalized spacial score (nSPS) is 12.7. The molecule has 0 bridgehead atoms. The Morgan fingerprint density at radius 3 is 2.75 bits per heavy atom. The predicted octanol–water partition coefficient (Wildman–Crippen LogP) is 3.51. The van der Waals surface area contributed by atoms with Crippen LogP contribution in [0.1, 0.15) is 25.5 Å². The number of allylic oxidation sites excluding steroid dienone is 1. The van der Waals surface area contributed by atoms with E-state index in [1.807, 2.05) is 31.4 Å². The fourth-order valence-corrected chi connectivity index (χ4v) is 2.10. The molecule has 1 aromatic heterocycles. The van der Waals surface area contributed by atoms with Crippen LogP contribution in [0.5, 0.6) is 0 Å². The molecule has 0 spiro atoms. The van der Waals surface area contributed by atoms with Gasteiger partial charge in [0.2, 0.25) is 0 Å². The van der Waals surface area contributed by atoms with Crippen molar-refractivity contribution in [3.05, 3.63) is 32.4 Å². The van der Waals surface area contributed by atoms with Crippen LogP contribution in [0.3, 0.4) is 0 Å². The summed E-state index contributed by atoms with van der Waals surface area (Å²) in [6.45, 7) is 3.95. The van der Waals surface area contributed by atoms with Crippen molar-refractivity contribution < 1.29 is 5.11 Å². The van der Waals surface area contributed by atoms with Crippen molar-refractivity contribution in [2.45, 2.75) is 20.0 Å². The molecule has 12 heavy (non-hydrogen) atoms. The molecule has 0 aliphatic heterocycles. The Kier molecular flexibility index (Phi) is 3.50. The van der Waals surface area contributed by atoms with Gasteiger partial charge in [-0.25, -0.2) is 0 Å². The number of rotatable bonds is 2. The quantitative estimate of drug-likeness (QED) is 0.793. The van der Waals surface area contributed by atoms with Crippen LogP contribution >= 0.6 is 27.3 Å². The summed E-state index contributed by atoms with van der Waals surface area (Å²) in [4.78, 5) is 0. The zero-order valence-corrected chi connectivity index (χ0v) is 9.45. The molecule has 0 aromatic carbocycles. The van der Waals surface area contributed by atoms with Crippen LogP contribution in [-0.2, 0) is 0 Å². The van der Waals surface area contributed by atoms with Crippen molar-refractivity contribution in [2.24, 2.45) is 0 Å². The van der Waals surface area contributed by atoms with Crippen LogP contribution in [0.2, 0.25) is 0 Å². The number of aliphatic hydroxyl groups is 1. The molecule has 3 heteroatoms. The average molecular weight is 247 g/mol. The third-order valence-corrected chi connectivity index (χ3v) is 2.94. The van der Waals surface area contributed by atoms with E-state index < -0.39 is 6.10 Å². The molecule has 0 aliphatic rings. The van der Waals surface area contributed by atoms with Gasteiger partial charge in [0.1, 0.15) is 0 Å². The van der Waals surface area contributed by atoms with E-state index in [0.29, 0.717) is 0 Å². The minimum Gasteiger partial charge on any atom is -0.384 e. The summed E-state index contributed by atoms with van der Waals surface area (Å²) in [6, 6.07) is 1.94. The van der Waals surface area contributed by atoms with Gasteiger partial charge in [0, 0.05) is 0 Å². The van der Waals surface area contributed by atoms with Gasteiger partial charge in [0.15, 0.2) is 0 Å². The molecule has 0 saturated heterocycles. The number of thiophene rings is 1. The summed E-state index contributed by atoms with van der Waals surface area (Å²) in [5.41, 5.74) is 2.08. The van der Waals surface area contributed by atoms with Gasteiger partial charge in [-0.15, -0.1) is 11.3 Å². The molecule has 1 unspecified atom stereocenters. The highest BCUT2D eigenvalue weighted by Gasteiger charge is 2.05. The van der Waals surface area contributed by atoms with Crippen LogP contribution in [0.4, 0.5) is 0 Å².